The monoisotopic (exact) mass is 306 g/mol. The summed E-state index contributed by atoms with van der Waals surface area (Å²) < 4.78 is 0. The Bertz CT molecular complexity index is 587. The summed E-state index contributed by atoms with van der Waals surface area (Å²) in [6.07, 6.45) is 4.72. The van der Waals surface area contributed by atoms with Crippen molar-refractivity contribution in [1.82, 2.24) is 5.32 Å². The molecule has 0 atom stereocenters. The summed E-state index contributed by atoms with van der Waals surface area (Å²) >= 11 is 6.16. The van der Waals surface area contributed by atoms with Gasteiger partial charge in [-0.15, -0.1) is 0 Å². The molecular weight excluding hydrogens is 286 g/mol. The van der Waals surface area contributed by atoms with Crippen LogP contribution in [0.25, 0.3) is 0 Å². The molecule has 4 N–H and O–H groups in total. The molecule has 1 aromatic rings. The van der Waals surface area contributed by atoms with Crippen LogP contribution >= 0.6 is 11.6 Å². The fraction of sp³-hybridized carbons (Fsp3) is 0.500. The number of benzene rings is 1. The number of amides is 1. The molecule has 1 saturated carbocycles. The van der Waals surface area contributed by atoms with Crippen molar-refractivity contribution in [3.63, 3.8) is 0 Å². The van der Waals surface area contributed by atoms with Gasteiger partial charge in [-0.2, -0.15) is 0 Å². The van der Waals surface area contributed by atoms with Gasteiger partial charge in [0.2, 0.25) is 0 Å². The van der Waals surface area contributed by atoms with Gasteiger partial charge < -0.3 is 10.7 Å². The molecule has 1 aromatic carbocycles. The first-order chi connectivity index (χ1) is 10.1. The van der Waals surface area contributed by atoms with E-state index in [0.717, 1.165) is 25.1 Å². The van der Waals surface area contributed by atoms with E-state index in [0.29, 0.717) is 27.5 Å². The fourth-order valence-electron chi connectivity index (χ4n) is 3.76. The summed E-state index contributed by atoms with van der Waals surface area (Å²) in [7, 11) is 1.71. The zero-order valence-corrected chi connectivity index (χ0v) is 13.0. The highest BCUT2D eigenvalue weighted by Crippen LogP contribution is 2.49. The maximum absolute atomic E-state index is 12.0. The van der Waals surface area contributed by atoms with Crippen LogP contribution in [-0.4, -0.2) is 32.3 Å². The second kappa shape index (κ2) is 5.52. The number of halogens is 1. The summed E-state index contributed by atoms with van der Waals surface area (Å²) in [5.74, 6) is 0.564. The molecule has 5 heteroatoms. The minimum atomic E-state index is -0.103. The quantitative estimate of drug-likeness (QED) is 0.732. The minimum Gasteiger partial charge on any atom is -0.316 e. The summed E-state index contributed by atoms with van der Waals surface area (Å²) in [4.78, 5) is 12.0. The van der Waals surface area contributed by atoms with Crippen LogP contribution in [0.15, 0.2) is 12.1 Å². The number of carbonyl (C=O) groups excluding carboxylic acids is 1. The predicted molar refractivity (Wildman–Crippen MR) is 83.2 cm³/mol. The molecule has 4 nitrogen and oxygen atoms in total. The summed E-state index contributed by atoms with van der Waals surface area (Å²) in [6, 6.07) is 3.76. The molecule has 2 aliphatic rings. The van der Waals surface area contributed by atoms with Crippen LogP contribution < -0.4 is 10.6 Å². The molecule has 2 fully saturated rings. The van der Waals surface area contributed by atoms with E-state index in [4.69, 9.17) is 17.0 Å². The molecule has 1 aliphatic heterocycles. The standard InChI is InChI=1S/C16H20ClN3O/c1-19-15(21)14-12(7-18)11(2-3-13(14)17)4-10-5-16(6-10)8-20-9-16/h2-3,7,10,18,20H,4-6,8-9H2,1H3,(H,19,21)/p+1. The van der Waals surface area contributed by atoms with Crippen LogP contribution in [0.1, 0.15) is 34.3 Å². The lowest BCUT2D eigenvalue weighted by Gasteiger charge is -2.54. The Morgan fingerprint density at radius 1 is 1.52 bits per heavy atom. The molecule has 1 aliphatic carbocycles. The Morgan fingerprint density at radius 3 is 2.76 bits per heavy atom. The number of nitrogens with two attached hydrogens (primary N) is 1. The molecule has 1 heterocycles. The number of hydrogen-bond acceptors (Lipinski definition) is 3. The lowest BCUT2D eigenvalue weighted by Crippen LogP contribution is -2.84. The molecule has 0 bridgehead atoms. The number of primary amides is 1. The zero-order chi connectivity index (χ0) is 15.0. The Kier molecular flexibility index (Phi) is 3.86. The van der Waals surface area contributed by atoms with E-state index >= 15 is 0 Å². The minimum absolute atomic E-state index is 0.103. The Hall–Kier alpha value is -1.23. The van der Waals surface area contributed by atoms with Crippen LogP contribution in [0.5, 0.6) is 0 Å². The Balaban J connectivity index is 1.82. The number of rotatable bonds is 4. The van der Waals surface area contributed by atoms with Gasteiger partial charge in [0.1, 0.15) is 5.56 Å². The molecule has 1 spiro atoms. The lowest BCUT2D eigenvalue weighted by molar-refractivity contribution is -0.523. The van der Waals surface area contributed by atoms with Gasteiger partial charge in [0.25, 0.3) is 0 Å². The third-order valence-corrected chi connectivity index (χ3v) is 5.20. The van der Waals surface area contributed by atoms with Gasteiger partial charge in [-0.05, 0) is 42.2 Å². The van der Waals surface area contributed by atoms with Crippen LogP contribution in [-0.2, 0) is 6.42 Å². The van der Waals surface area contributed by atoms with Crippen LogP contribution in [0.4, 0.5) is 0 Å². The SMILES string of the molecule is C[NH2+]C(=O)c1c(Cl)ccc(CC2CC3(CNC3)C2)c1C=N. The van der Waals surface area contributed by atoms with Gasteiger partial charge in [0.15, 0.2) is 0 Å². The normalized spacial score (nSPS) is 19.9. The molecule has 1 saturated heterocycles. The molecule has 0 radical (unpaired) electrons. The summed E-state index contributed by atoms with van der Waals surface area (Å²) in [5, 5.41) is 13.0. The average Bonchev–Trinajstić information content (AvgIpc) is 2.40. The zero-order valence-electron chi connectivity index (χ0n) is 12.2. The van der Waals surface area contributed by atoms with Crippen molar-refractivity contribution >= 4 is 23.7 Å². The van der Waals surface area contributed by atoms with E-state index < -0.39 is 0 Å². The molecular formula is C16H21ClN3O+. The summed E-state index contributed by atoms with van der Waals surface area (Å²) in [6.45, 7) is 2.30. The third-order valence-electron chi connectivity index (χ3n) is 4.89. The maximum Gasteiger partial charge on any atom is 0.344 e. The van der Waals surface area contributed by atoms with Crippen molar-refractivity contribution in [2.75, 3.05) is 20.1 Å². The van der Waals surface area contributed by atoms with Crippen molar-refractivity contribution < 1.29 is 10.1 Å². The first-order valence-electron chi connectivity index (χ1n) is 7.45. The summed E-state index contributed by atoms with van der Waals surface area (Å²) in [5.41, 5.74) is 2.80. The first kappa shape index (κ1) is 14.7. The fourth-order valence-corrected chi connectivity index (χ4v) is 4.02. The maximum atomic E-state index is 12.0. The lowest BCUT2D eigenvalue weighted by atomic mass is 9.57. The van der Waals surface area contributed by atoms with E-state index in [1.165, 1.54) is 24.4 Å². The van der Waals surface area contributed by atoms with Crippen LogP contribution in [0.2, 0.25) is 5.02 Å². The second-order valence-corrected chi connectivity index (χ2v) is 6.78. The number of quaternary nitrogens is 1. The molecule has 1 amide bonds. The number of carbonyl (C=O) groups is 1. The van der Waals surface area contributed by atoms with Crippen LogP contribution in [0, 0.1) is 16.7 Å². The highest BCUT2D eigenvalue weighted by Gasteiger charge is 2.48. The highest BCUT2D eigenvalue weighted by molar-refractivity contribution is 6.34. The van der Waals surface area contributed by atoms with Gasteiger partial charge in [-0.25, -0.2) is 4.79 Å². The van der Waals surface area contributed by atoms with Crippen LogP contribution in [0.3, 0.4) is 0 Å². The van der Waals surface area contributed by atoms with Gasteiger partial charge in [0.05, 0.1) is 12.1 Å². The molecule has 0 aromatic heterocycles. The van der Waals surface area contributed by atoms with Gasteiger partial charge in [0, 0.05) is 24.9 Å². The van der Waals surface area contributed by atoms with Crippen molar-refractivity contribution in [1.29, 1.82) is 5.41 Å². The Morgan fingerprint density at radius 2 is 2.24 bits per heavy atom. The smallest absolute Gasteiger partial charge is 0.316 e. The Labute approximate surface area is 129 Å². The van der Waals surface area contributed by atoms with E-state index in [2.05, 4.69) is 5.32 Å². The van der Waals surface area contributed by atoms with E-state index in [-0.39, 0.29) is 5.91 Å². The van der Waals surface area contributed by atoms with Crippen molar-refractivity contribution in [2.24, 2.45) is 11.3 Å². The third kappa shape index (κ3) is 2.52. The van der Waals surface area contributed by atoms with Crippen molar-refractivity contribution in [2.45, 2.75) is 19.3 Å². The van der Waals surface area contributed by atoms with E-state index in [1.807, 2.05) is 6.07 Å². The predicted octanol–water partition coefficient (Wildman–Crippen LogP) is 1.21. The highest BCUT2D eigenvalue weighted by atomic mass is 35.5. The largest absolute Gasteiger partial charge is 0.344 e. The molecule has 112 valence electrons. The van der Waals surface area contributed by atoms with E-state index in [9.17, 15) is 4.79 Å². The topological polar surface area (TPSA) is 69.6 Å². The number of nitrogens with one attached hydrogen (secondary N) is 2. The average molecular weight is 307 g/mol. The van der Waals surface area contributed by atoms with Gasteiger partial charge in [-0.1, -0.05) is 17.7 Å². The molecule has 3 rings (SSSR count). The first-order valence-corrected chi connectivity index (χ1v) is 7.82. The molecule has 0 unspecified atom stereocenters. The van der Waals surface area contributed by atoms with Gasteiger partial charge >= 0.3 is 5.91 Å². The molecule has 21 heavy (non-hydrogen) atoms. The van der Waals surface area contributed by atoms with Crippen molar-refractivity contribution in [3.05, 3.63) is 33.8 Å². The number of hydrogen-bond donors (Lipinski definition) is 3. The van der Waals surface area contributed by atoms with Crippen molar-refractivity contribution in [3.8, 4) is 0 Å². The van der Waals surface area contributed by atoms with E-state index in [1.54, 1.807) is 13.1 Å². The van der Waals surface area contributed by atoms with Gasteiger partial charge in [-0.3, -0.25) is 5.32 Å². The second-order valence-electron chi connectivity index (χ2n) is 6.37.